The van der Waals surface area contributed by atoms with Crippen LogP contribution in [0.15, 0.2) is 6.07 Å². The van der Waals surface area contributed by atoms with Gasteiger partial charge in [0.1, 0.15) is 16.7 Å². The van der Waals surface area contributed by atoms with E-state index in [1.165, 1.54) is 0 Å². The van der Waals surface area contributed by atoms with Gasteiger partial charge in [-0.15, -0.1) is 11.3 Å². The number of nitrogens with zero attached hydrogens (tertiary/aromatic N) is 2. The molecule has 0 bridgehead atoms. The molecule has 1 aliphatic rings. The molecule has 0 spiro atoms. The Morgan fingerprint density at radius 3 is 2.95 bits per heavy atom. The fourth-order valence-electron chi connectivity index (χ4n) is 1.99. The van der Waals surface area contributed by atoms with Gasteiger partial charge in [0, 0.05) is 10.9 Å². The van der Waals surface area contributed by atoms with Gasteiger partial charge in [0.05, 0.1) is 5.39 Å². The normalized spacial score (nSPS) is 16.1. The average molecular weight is 291 g/mol. The Bertz CT molecular complexity index is 664. The number of nitrogens with one attached hydrogen (secondary N) is 2. The topological polar surface area (TPSA) is 92.9 Å². The molecule has 1 aliphatic carbocycles. The van der Waals surface area contributed by atoms with Gasteiger partial charge < -0.3 is 16.4 Å². The average Bonchev–Trinajstić information content (AvgIpc) is 3.09. The largest absolute Gasteiger partial charge is 0.368 e. The van der Waals surface area contributed by atoms with Crippen molar-refractivity contribution in [2.75, 3.05) is 11.1 Å². The van der Waals surface area contributed by atoms with Crippen LogP contribution < -0.4 is 16.4 Å². The van der Waals surface area contributed by atoms with Crippen molar-refractivity contribution >= 4 is 39.2 Å². The maximum atomic E-state index is 12.0. The van der Waals surface area contributed by atoms with Crippen LogP contribution in [-0.2, 0) is 4.79 Å². The van der Waals surface area contributed by atoms with E-state index in [2.05, 4.69) is 20.6 Å². The molecule has 2 aromatic rings. The van der Waals surface area contributed by atoms with Crippen molar-refractivity contribution in [2.45, 2.75) is 38.8 Å². The van der Waals surface area contributed by atoms with E-state index in [0.717, 1.165) is 27.9 Å². The number of nitrogen functional groups attached to an aromatic ring is 1. The Hall–Kier alpha value is -1.89. The van der Waals surface area contributed by atoms with Gasteiger partial charge in [-0.05, 0) is 32.8 Å². The van der Waals surface area contributed by atoms with Crippen LogP contribution in [0.4, 0.5) is 11.8 Å². The fourth-order valence-corrected chi connectivity index (χ4v) is 2.88. The SMILES string of the molecule is Cc1cc2c(NC(C)C(=O)NC3CC3)nc(N)nc2s1. The van der Waals surface area contributed by atoms with Gasteiger partial charge in [-0.1, -0.05) is 0 Å². The molecule has 0 saturated heterocycles. The van der Waals surface area contributed by atoms with Crippen molar-refractivity contribution in [3.8, 4) is 0 Å². The Morgan fingerprint density at radius 1 is 1.50 bits per heavy atom. The third-order valence-electron chi connectivity index (χ3n) is 3.20. The number of carbonyl (C=O) groups excluding carboxylic acids is 1. The summed E-state index contributed by atoms with van der Waals surface area (Å²) in [6.45, 7) is 3.83. The van der Waals surface area contributed by atoms with E-state index in [0.29, 0.717) is 11.9 Å². The number of hydrogen-bond acceptors (Lipinski definition) is 6. The Morgan fingerprint density at radius 2 is 2.25 bits per heavy atom. The number of hydrogen-bond donors (Lipinski definition) is 3. The van der Waals surface area contributed by atoms with Crippen LogP contribution in [0.5, 0.6) is 0 Å². The Balaban J connectivity index is 1.83. The van der Waals surface area contributed by atoms with Gasteiger partial charge in [0.15, 0.2) is 0 Å². The van der Waals surface area contributed by atoms with E-state index in [1.807, 2.05) is 19.9 Å². The van der Waals surface area contributed by atoms with Gasteiger partial charge in [0.25, 0.3) is 0 Å². The third-order valence-corrected chi connectivity index (χ3v) is 4.15. The van der Waals surface area contributed by atoms with Gasteiger partial charge in [0.2, 0.25) is 11.9 Å². The Kier molecular flexibility index (Phi) is 3.21. The summed E-state index contributed by atoms with van der Waals surface area (Å²) in [4.78, 5) is 22.4. The summed E-state index contributed by atoms with van der Waals surface area (Å²) in [7, 11) is 0. The molecule has 1 atom stereocenters. The van der Waals surface area contributed by atoms with Gasteiger partial charge >= 0.3 is 0 Å². The third kappa shape index (κ3) is 2.67. The highest BCUT2D eigenvalue weighted by Crippen LogP contribution is 2.29. The maximum absolute atomic E-state index is 12.0. The summed E-state index contributed by atoms with van der Waals surface area (Å²) in [6.07, 6.45) is 2.15. The molecule has 1 amide bonds. The summed E-state index contributed by atoms with van der Waals surface area (Å²) in [5.74, 6) is 0.830. The first kappa shape index (κ1) is 13.1. The maximum Gasteiger partial charge on any atom is 0.242 e. The second kappa shape index (κ2) is 4.90. The number of amides is 1. The zero-order chi connectivity index (χ0) is 14.3. The smallest absolute Gasteiger partial charge is 0.242 e. The molecule has 1 unspecified atom stereocenters. The molecular formula is C13H17N5OS. The van der Waals surface area contributed by atoms with Crippen LogP contribution in [0.25, 0.3) is 10.2 Å². The number of anilines is 2. The number of carbonyl (C=O) groups is 1. The predicted molar refractivity (Wildman–Crippen MR) is 80.8 cm³/mol. The molecule has 2 heterocycles. The number of rotatable bonds is 4. The van der Waals surface area contributed by atoms with E-state index in [4.69, 9.17) is 5.73 Å². The second-order valence-corrected chi connectivity index (χ2v) is 6.39. The van der Waals surface area contributed by atoms with E-state index in [-0.39, 0.29) is 17.9 Å². The fraction of sp³-hybridized carbons (Fsp3) is 0.462. The van der Waals surface area contributed by atoms with Crippen LogP contribution in [0.2, 0.25) is 0 Å². The van der Waals surface area contributed by atoms with Crippen LogP contribution in [-0.4, -0.2) is 28.0 Å². The number of aromatic nitrogens is 2. The molecule has 1 fully saturated rings. The predicted octanol–water partition coefficient (Wildman–Crippen LogP) is 1.66. The quantitative estimate of drug-likeness (QED) is 0.796. The monoisotopic (exact) mass is 291 g/mol. The highest BCUT2D eigenvalue weighted by atomic mass is 32.1. The molecular weight excluding hydrogens is 274 g/mol. The lowest BCUT2D eigenvalue weighted by molar-refractivity contribution is -0.121. The molecule has 7 heteroatoms. The van der Waals surface area contributed by atoms with Crippen LogP contribution >= 0.6 is 11.3 Å². The van der Waals surface area contributed by atoms with Crippen molar-refractivity contribution in [3.63, 3.8) is 0 Å². The number of aryl methyl sites for hydroxylation is 1. The van der Waals surface area contributed by atoms with Crippen LogP contribution in [0.3, 0.4) is 0 Å². The van der Waals surface area contributed by atoms with Crippen molar-refractivity contribution in [3.05, 3.63) is 10.9 Å². The number of nitrogens with two attached hydrogens (primary N) is 1. The molecule has 0 radical (unpaired) electrons. The second-order valence-electron chi connectivity index (χ2n) is 5.16. The standard InChI is InChI=1S/C13H17N5OS/c1-6-5-9-10(17-13(14)18-12(9)20-6)15-7(2)11(19)16-8-3-4-8/h5,7-8H,3-4H2,1-2H3,(H,16,19)(H3,14,15,17,18). The van der Waals surface area contributed by atoms with Crippen LogP contribution in [0.1, 0.15) is 24.6 Å². The Labute approximate surface area is 120 Å². The number of fused-ring (bicyclic) bond motifs is 1. The molecule has 106 valence electrons. The van der Waals surface area contributed by atoms with Crippen LogP contribution in [0, 0.1) is 6.92 Å². The molecule has 20 heavy (non-hydrogen) atoms. The highest BCUT2D eigenvalue weighted by molar-refractivity contribution is 7.18. The lowest BCUT2D eigenvalue weighted by atomic mass is 10.2. The molecule has 6 nitrogen and oxygen atoms in total. The highest BCUT2D eigenvalue weighted by Gasteiger charge is 2.26. The zero-order valence-electron chi connectivity index (χ0n) is 11.4. The van der Waals surface area contributed by atoms with Gasteiger partial charge in [-0.3, -0.25) is 4.79 Å². The molecule has 1 saturated carbocycles. The van der Waals surface area contributed by atoms with E-state index in [1.54, 1.807) is 11.3 Å². The summed E-state index contributed by atoms with van der Waals surface area (Å²) in [5, 5.41) is 7.01. The van der Waals surface area contributed by atoms with Gasteiger partial charge in [-0.2, -0.15) is 4.98 Å². The first-order valence-corrected chi connectivity index (χ1v) is 7.45. The van der Waals surface area contributed by atoms with Crippen molar-refractivity contribution in [2.24, 2.45) is 0 Å². The minimum atomic E-state index is -0.353. The lowest BCUT2D eigenvalue weighted by Gasteiger charge is -2.15. The summed E-state index contributed by atoms with van der Waals surface area (Å²) < 4.78 is 0. The minimum Gasteiger partial charge on any atom is -0.368 e. The lowest BCUT2D eigenvalue weighted by Crippen LogP contribution is -2.38. The molecule has 2 aromatic heterocycles. The van der Waals surface area contributed by atoms with E-state index >= 15 is 0 Å². The van der Waals surface area contributed by atoms with Gasteiger partial charge in [-0.25, -0.2) is 4.98 Å². The van der Waals surface area contributed by atoms with Crippen molar-refractivity contribution < 1.29 is 4.79 Å². The molecule has 0 aromatic carbocycles. The summed E-state index contributed by atoms with van der Waals surface area (Å²) in [5.41, 5.74) is 5.72. The molecule has 3 rings (SSSR count). The number of thiophene rings is 1. The molecule has 0 aliphatic heterocycles. The summed E-state index contributed by atoms with van der Waals surface area (Å²) >= 11 is 1.56. The first-order chi connectivity index (χ1) is 9.52. The van der Waals surface area contributed by atoms with E-state index in [9.17, 15) is 4.79 Å². The summed E-state index contributed by atoms with van der Waals surface area (Å²) in [6, 6.07) is 2.01. The van der Waals surface area contributed by atoms with Crippen molar-refractivity contribution in [1.29, 1.82) is 0 Å². The van der Waals surface area contributed by atoms with E-state index < -0.39 is 0 Å². The minimum absolute atomic E-state index is 0.00946. The molecule has 4 N–H and O–H groups in total. The first-order valence-electron chi connectivity index (χ1n) is 6.63. The zero-order valence-corrected chi connectivity index (χ0v) is 12.3. The van der Waals surface area contributed by atoms with Crippen molar-refractivity contribution in [1.82, 2.24) is 15.3 Å².